The number of β-amino-alcohol motifs (C(OH)–C–C–N with tert-alkyl or cyclic N) is 1. The molecular weight excluding hydrogens is 283 g/mol. The van der Waals surface area contributed by atoms with Crippen LogP contribution >= 0.6 is 0 Å². The lowest BCUT2D eigenvalue weighted by atomic mass is 10.1. The molecule has 22 heavy (non-hydrogen) atoms. The van der Waals surface area contributed by atoms with Crippen molar-refractivity contribution in [2.75, 3.05) is 44.2 Å². The van der Waals surface area contributed by atoms with E-state index < -0.39 is 6.10 Å². The van der Waals surface area contributed by atoms with Crippen molar-refractivity contribution in [3.8, 4) is 0 Å². The van der Waals surface area contributed by atoms with Gasteiger partial charge in [0.15, 0.2) is 0 Å². The van der Waals surface area contributed by atoms with Crippen LogP contribution in [0.3, 0.4) is 0 Å². The van der Waals surface area contributed by atoms with Crippen molar-refractivity contribution in [1.82, 2.24) is 9.88 Å². The van der Waals surface area contributed by atoms with Crippen molar-refractivity contribution >= 4 is 16.6 Å². The Morgan fingerprint density at radius 1 is 1.23 bits per heavy atom. The van der Waals surface area contributed by atoms with Gasteiger partial charge in [0.05, 0.1) is 6.10 Å². The lowest BCUT2D eigenvalue weighted by molar-refractivity contribution is 0.115. The second-order valence-electron chi connectivity index (χ2n) is 5.68. The standard InChI is InChI=1S/C16H21FN4O/c17-13-2-1-12-3-4-19-16(15(12)9-13)21-7-5-20(6-8-21)11-14(22)10-18/h1-4,9,14,22H,5-8,10-11,18H2. The zero-order valence-electron chi connectivity index (χ0n) is 12.5. The molecule has 1 fully saturated rings. The molecule has 1 aliphatic heterocycles. The van der Waals surface area contributed by atoms with E-state index in [4.69, 9.17) is 5.73 Å². The van der Waals surface area contributed by atoms with Gasteiger partial charge >= 0.3 is 0 Å². The fourth-order valence-electron chi connectivity index (χ4n) is 2.89. The summed E-state index contributed by atoms with van der Waals surface area (Å²) in [7, 11) is 0. The number of nitrogens with two attached hydrogens (primary N) is 1. The van der Waals surface area contributed by atoms with Crippen LogP contribution in [0.25, 0.3) is 10.8 Å². The summed E-state index contributed by atoms with van der Waals surface area (Å²) in [6.45, 7) is 4.17. The van der Waals surface area contributed by atoms with Crippen molar-refractivity contribution < 1.29 is 9.50 Å². The molecular formula is C16H21FN4O. The number of piperazine rings is 1. The third kappa shape index (κ3) is 3.19. The van der Waals surface area contributed by atoms with Crippen LogP contribution in [0.5, 0.6) is 0 Å². The maximum Gasteiger partial charge on any atom is 0.136 e. The summed E-state index contributed by atoms with van der Waals surface area (Å²) in [5, 5.41) is 11.5. The first-order chi connectivity index (χ1) is 10.7. The number of aliphatic hydroxyl groups excluding tert-OH is 1. The van der Waals surface area contributed by atoms with Crippen LogP contribution in [-0.4, -0.2) is 60.4 Å². The van der Waals surface area contributed by atoms with Crippen molar-refractivity contribution in [1.29, 1.82) is 0 Å². The van der Waals surface area contributed by atoms with Gasteiger partial charge in [-0.1, -0.05) is 6.07 Å². The first-order valence-electron chi connectivity index (χ1n) is 7.57. The minimum Gasteiger partial charge on any atom is -0.390 e. The fourth-order valence-corrected chi connectivity index (χ4v) is 2.89. The summed E-state index contributed by atoms with van der Waals surface area (Å²) in [4.78, 5) is 8.81. The molecule has 1 saturated heterocycles. The Hall–Kier alpha value is -1.76. The van der Waals surface area contributed by atoms with Crippen LogP contribution in [0.1, 0.15) is 0 Å². The fraction of sp³-hybridized carbons (Fsp3) is 0.438. The van der Waals surface area contributed by atoms with Crippen LogP contribution in [0.4, 0.5) is 10.2 Å². The van der Waals surface area contributed by atoms with Crippen molar-refractivity contribution in [3.05, 3.63) is 36.3 Å². The first-order valence-corrected chi connectivity index (χ1v) is 7.57. The minimum atomic E-state index is -0.476. The topological polar surface area (TPSA) is 65.6 Å². The van der Waals surface area contributed by atoms with Gasteiger partial charge in [0.1, 0.15) is 11.6 Å². The molecule has 2 aromatic rings. The molecule has 2 heterocycles. The number of halogens is 1. The molecule has 1 aliphatic rings. The molecule has 1 aromatic carbocycles. The molecule has 1 aromatic heterocycles. The molecule has 0 aliphatic carbocycles. The number of nitrogens with zero attached hydrogens (tertiary/aromatic N) is 3. The summed E-state index contributed by atoms with van der Waals surface area (Å²) in [6, 6.07) is 6.69. The molecule has 5 nitrogen and oxygen atoms in total. The Kier molecular flexibility index (Phi) is 4.52. The number of hydrogen-bond donors (Lipinski definition) is 2. The lowest BCUT2D eigenvalue weighted by Crippen LogP contribution is -2.49. The third-order valence-corrected chi connectivity index (χ3v) is 4.12. The summed E-state index contributed by atoms with van der Waals surface area (Å²) in [6.07, 6.45) is 1.29. The van der Waals surface area contributed by atoms with Gasteiger partial charge in [-0.25, -0.2) is 9.37 Å². The summed E-state index contributed by atoms with van der Waals surface area (Å²) in [5.41, 5.74) is 5.45. The second kappa shape index (κ2) is 6.56. The molecule has 0 saturated carbocycles. The average Bonchev–Trinajstić information content (AvgIpc) is 2.55. The van der Waals surface area contributed by atoms with E-state index in [0.717, 1.165) is 42.8 Å². The molecule has 1 unspecified atom stereocenters. The van der Waals surface area contributed by atoms with E-state index in [2.05, 4.69) is 14.8 Å². The molecule has 3 N–H and O–H groups in total. The van der Waals surface area contributed by atoms with E-state index in [0.29, 0.717) is 6.54 Å². The molecule has 0 bridgehead atoms. The number of aliphatic hydroxyl groups is 1. The van der Waals surface area contributed by atoms with Gasteiger partial charge in [-0.3, -0.25) is 4.90 Å². The monoisotopic (exact) mass is 304 g/mol. The Bertz CT molecular complexity index is 643. The Labute approximate surface area is 129 Å². The maximum atomic E-state index is 13.5. The van der Waals surface area contributed by atoms with Crippen LogP contribution in [-0.2, 0) is 0 Å². The smallest absolute Gasteiger partial charge is 0.136 e. The summed E-state index contributed by atoms with van der Waals surface area (Å²) in [5.74, 6) is 0.586. The predicted molar refractivity (Wildman–Crippen MR) is 85.4 cm³/mol. The third-order valence-electron chi connectivity index (χ3n) is 4.12. The zero-order chi connectivity index (χ0) is 15.5. The number of aromatic nitrogens is 1. The highest BCUT2D eigenvalue weighted by Crippen LogP contribution is 2.26. The van der Waals surface area contributed by atoms with Gasteiger partial charge in [-0.2, -0.15) is 0 Å². The molecule has 0 radical (unpaired) electrons. The van der Waals surface area contributed by atoms with Crippen LogP contribution in [0.2, 0.25) is 0 Å². The predicted octanol–water partition coefficient (Wildman–Crippen LogP) is 0.816. The van der Waals surface area contributed by atoms with Crippen molar-refractivity contribution in [3.63, 3.8) is 0 Å². The van der Waals surface area contributed by atoms with E-state index in [1.54, 1.807) is 18.3 Å². The van der Waals surface area contributed by atoms with Gasteiger partial charge in [-0.05, 0) is 23.6 Å². The van der Waals surface area contributed by atoms with Crippen LogP contribution in [0.15, 0.2) is 30.5 Å². The van der Waals surface area contributed by atoms with Crippen molar-refractivity contribution in [2.45, 2.75) is 6.10 Å². The largest absolute Gasteiger partial charge is 0.390 e. The highest BCUT2D eigenvalue weighted by Gasteiger charge is 2.21. The van der Waals surface area contributed by atoms with Gasteiger partial charge in [0.2, 0.25) is 0 Å². The molecule has 0 spiro atoms. The number of hydrogen-bond acceptors (Lipinski definition) is 5. The summed E-state index contributed by atoms with van der Waals surface area (Å²) >= 11 is 0. The van der Waals surface area contributed by atoms with Gasteiger partial charge in [0.25, 0.3) is 0 Å². The number of anilines is 1. The lowest BCUT2D eigenvalue weighted by Gasteiger charge is -2.36. The number of benzene rings is 1. The molecule has 118 valence electrons. The molecule has 1 atom stereocenters. The maximum absolute atomic E-state index is 13.5. The normalized spacial score (nSPS) is 17.9. The van der Waals surface area contributed by atoms with E-state index in [-0.39, 0.29) is 12.4 Å². The van der Waals surface area contributed by atoms with E-state index in [1.807, 2.05) is 6.07 Å². The highest BCUT2D eigenvalue weighted by atomic mass is 19.1. The van der Waals surface area contributed by atoms with E-state index >= 15 is 0 Å². The Morgan fingerprint density at radius 2 is 2.00 bits per heavy atom. The van der Waals surface area contributed by atoms with Crippen LogP contribution < -0.4 is 10.6 Å². The van der Waals surface area contributed by atoms with Crippen LogP contribution in [0, 0.1) is 5.82 Å². The number of fused-ring (bicyclic) bond motifs is 1. The molecule has 6 heteroatoms. The SMILES string of the molecule is NCC(O)CN1CCN(c2nccc3ccc(F)cc23)CC1. The van der Waals surface area contributed by atoms with Gasteiger partial charge in [0, 0.05) is 50.9 Å². The van der Waals surface area contributed by atoms with E-state index in [9.17, 15) is 9.50 Å². The molecule has 0 amide bonds. The Morgan fingerprint density at radius 3 is 2.73 bits per heavy atom. The van der Waals surface area contributed by atoms with Crippen molar-refractivity contribution in [2.24, 2.45) is 5.73 Å². The first kappa shape index (κ1) is 15.1. The number of pyridine rings is 1. The quantitative estimate of drug-likeness (QED) is 0.875. The minimum absolute atomic E-state index is 0.244. The highest BCUT2D eigenvalue weighted by molar-refractivity contribution is 5.92. The van der Waals surface area contributed by atoms with Gasteiger partial charge in [-0.15, -0.1) is 0 Å². The Balaban J connectivity index is 1.75. The van der Waals surface area contributed by atoms with E-state index in [1.165, 1.54) is 6.07 Å². The molecule has 3 rings (SSSR count). The number of rotatable bonds is 4. The summed E-state index contributed by atoms with van der Waals surface area (Å²) < 4.78 is 13.5. The average molecular weight is 304 g/mol. The zero-order valence-corrected chi connectivity index (χ0v) is 12.5. The van der Waals surface area contributed by atoms with Gasteiger partial charge < -0.3 is 15.7 Å². The second-order valence-corrected chi connectivity index (χ2v) is 5.68.